The van der Waals surface area contributed by atoms with Gasteiger partial charge in [0, 0.05) is 23.7 Å². The smallest absolute Gasteiger partial charge is 0.161 e. The Labute approximate surface area is 114 Å². The van der Waals surface area contributed by atoms with Crippen molar-refractivity contribution in [3.05, 3.63) is 63.9 Å². The van der Waals surface area contributed by atoms with Crippen molar-refractivity contribution in [1.29, 1.82) is 0 Å². The van der Waals surface area contributed by atoms with Gasteiger partial charge in [0.2, 0.25) is 0 Å². The summed E-state index contributed by atoms with van der Waals surface area (Å²) >= 11 is 5.83. The highest BCUT2D eigenvalue weighted by molar-refractivity contribution is 6.30. The number of hydrogen-bond donors (Lipinski definition) is 1. The molecule has 0 fully saturated rings. The maximum atomic E-state index is 13.4. The minimum absolute atomic E-state index is 0.0757. The fraction of sp³-hybridized carbons (Fsp3) is 0.143. The molecule has 1 nitrogen and oxygen atoms in total. The van der Waals surface area contributed by atoms with Gasteiger partial charge in [-0.25, -0.2) is 13.2 Å². The third-order valence-electron chi connectivity index (χ3n) is 2.78. The van der Waals surface area contributed by atoms with Gasteiger partial charge in [0.15, 0.2) is 11.6 Å². The lowest BCUT2D eigenvalue weighted by molar-refractivity contribution is 0.496. The molecule has 5 heteroatoms. The van der Waals surface area contributed by atoms with Crippen LogP contribution >= 0.6 is 11.6 Å². The number of nitrogens with one attached hydrogen (secondary N) is 1. The van der Waals surface area contributed by atoms with Crippen LogP contribution in [0.3, 0.4) is 0 Å². The molecule has 0 unspecified atom stereocenters. The fourth-order valence-electron chi connectivity index (χ4n) is 1.71. The van der Waals surface area contributed by atoms with Gasteiger partial charge in [0.1, 0.15) is 5.82 Å². The van der Waals surface area contributed by atoms with E-state index in [2.05, 4.69) is 5.32 Å². The third-order valence-corrected chi connectivity index (χ3v) is 3.02. The van der Waals surface area contributed by atoms with Crippen LogP contribution in [0.15, 0.2) is 30.3 Å². The molecule has 0 amide bonds. The van der Waals surface area contributed by atoms with Crippen LogP contribution < -0.4 is 5.32 Å². The summed E-state index contributed by atoms with van der Waals surface area (Å²) in [6.45, 7) is 2.16. The number of aryl methyl sites for hydroxylation is 1. The Morgan fingerprint density at radius 2 is 1.68 bits per heavy atom. The average Bonchev–Trinajstić information content (AvgIpc) is 2.34. The largest absolute Gasteiger partial charge is 0.379 e. The highest BCUT2D eigenvalue weighted by Crippen LogP contribution is 2.21. The molecule has 2 rings (SSSR count). The summed E-state index contributed by atoms with van der Waals surface area (Å²) in [5.74, 6) is -3.12. The van der Waals surface area contributed by atoms with Gasteiger partial charge in [-0.15, -0.1) is 0 Å². The first-order chi connectivity index (χ1) is 8.97. The Morgan fingerprint density at radius 1 is 1.00 bits per heavy atom. The molecule has 0 saturated heterocycles. The molecule has 0 aromatic heterocycles. The number of benzene rings is 2. The number of hydrogen-bond acceptors (Lipinski definition) is 1. The summed E-state index contributed by atoms with van der Waals surface area (Å²) in [5.41, 5.74) is 1.75. The second-order valence-electron chi connectivity index (χ2n) is 4.17. The number of anilines is 1. The lowest BCUT2D eigenvalue weighted by Crippen LogP contribution is -2.04. The van der Waals surface area contributed by atoms with E-state index in [0.29, 0.717) is 17.6 Å². The Morgan fingerprint density at radius 3 is 2.37 bits per heavy atom. The summed E-state index contributed by atoms with van der Waals surface area (Å²) in [4.78, 5) is 0. The molecule has 0 aliphatic rings. The molecule has 0 heterocycles. The van der Waals surface area contributed by atoms with Crippen molar-refractivity contribution in [2.45, 2.75) is 13.5 Å². The Bertz CT molecular complexity index is 614. The van der Waals surface area contributed by atoms with E-state index in [4.69, 9.17) is 11.6 Å². The van der Waals surface area contributed by atoms with E-state index in [1.807, 2.05) is 6.92 Å². The molecular formula is C14H11ClF3N. The molecule has 0 atom stereocenters. The molecule has 0 saturated carbocycles. The average molecular weight is 286 g/mol. The zero-order valence-electron chi connectivity index (χ0n) is 10.1. The number of halogens is 4. The van der Waals surface area contributed by atoms with E-state index in [1.165, 1.54) is 0 Å². The second-order valence-corrected chi connectivity index (χ2v) is 4.61. The van der Waals surface area contributed by atoms with Crippen LogP contribution in [-0.2, 0) is 6.54 Å². The van der Waals surface area contributed by atoms with Crippen LogP contribution in [0.4, 0.5) is 18.9 Å². The van der Waals surface area contributed by atoms with Gasteiger partial charge in [0.05, 0.1) is 5.69 Å². The van der Waals surface area contributed by atoms with Gasteiger partial charge in [0.25, 0.3) is 0 Å². The molecule has 0 aliphatic heterocycles. The first-order valence-electron chi connectivity index (χ1n) is 5.61. The van der Waals surface area contributed by atoms with E-state index < -0.39 is 17.5 Å². The van der Waals surface area contributed by atoms with E-state index in [9.17, 15) is 13.2 Å². The van der Waals surface area contributed by atoms with Crippen molar-refractivity contribution in [1.82, 2.24) is 0 Å². The predicted molar refractivity (Wildman–Crippen MR) is 69.8 cm³/mol. The van der Waals surface area contributed by atoms with Crippen LogP contribution in [0.5, 0.6) is 0 Å². The maximum Gasteiger partial charge on any atom is 0.161 e. The van der Waals surface area contributed by atoms with E-state index in [0.717, 1.165) is 17.2 Å². The fourth-order valence-corrected chi connectivity index (χ4v) is 1.93. The molecule has 0 bridgehead atoms. The van der Waals surface area contributed by atoms with Gasteiger partial charge in [-0.3, -0.25) is 0 Å². The zero-order chi connectivity index (χ0) is 14.0. The Balaban J connectivity index is 2.16. The highest BCUT2D eigenvalue weighted by Gasteiger charge is 2.09. The molecular weight excluding hydrogens is 275 g/mol. The molecule has 0 spiro atoms. The quantitative estimate of drug-likeness (QED) is 0.808. The molecule has 0 radical (unpaired) electrons. The van der Waals surface area contributed by atoms with Crippen molar-refractivity contribution in [3.8, 4) is 0 Å². The lowest BCUT2D eigenvalue weighted by Gasteiger charge is -2.10. The molecule has 0 aliphatic carbocycles. The van der Waals surface area contributed by atoms with Crippen molar-refractivity contribution in [2.75, 3.05) is 5.32 Å². The standard InChI is InChI=1S/C14H11ClF3N/c1-8-4-10(15)3-2-9(8)7-19-14-6-12(17)11(16)5-13(14)18/h2-6,19H,7H2,1H3. The van der Waals surface area contributed by atoms with Crippen molar-refractivity contribution in [3.63, 3.8) is 0 Å². The summed E-state index contributed by atoms with van der Waals surface area (Å²) in [6.07, 6.45) is 0. The molecule has 19 heavy (non-hydrogen) atoms. The van der Waals surface area contributed by atoms with E-state index in [1.54, 1.807) is 18.2 Å². The van der Waals surface area contributed by atoms with Gasteiger partial charge >= 0.3 is 0 Å². The van der Waals surface area contributed by atoms with Crippen LogP contribution in [0.2, 0.25) is 5.02 Å². The van der Waals surface area contributed by atoms with E-state index >= 15 is 0 Å². The normalized spacial score (nSPS) is 10.6. The Hall–Kier alpha value is -1.68. The minimum atomic E-state index is -1.20. The molecule has 2 aromatic rings. The summed E-state index contributed by atoms with van der Waals surface area (Å²) < 4.78 is 39.2. The second kappa shape index (κ2) is 5.53. The van der Waals surface area contributed by atoms with Crippen molar-refractivity contribution in [2.24, 2.45) is 0 Å². The van der Waals surface area contributed by atoms with Crippen LogP contribution in [0.1, 0.15) is 11.1 Å². The SMILES string of the molecule is Cc1cc(Cl)ccc1CNc1cc(F)c(F)cc1F. The molecule has 100 valence electrons. The molecule has 2 aromatic carbocycles. The molecule has 1 N–H and O–H groups in total. The van der Waals surface area contributed by atoms with Gasteiger partial charge in [-0.2, -0.15) is 0 Å². The summed E-state index contributed by atoms with van der Waals surface area (Å²) in [7, 11) is 0. The van der Waals surface area contributed by atoms with Crippen molar-refractivity contribution < 1.29 is 13.2 Å². The summed E-state index contributed by atoms with van der Waals surface area (Å²) in [6, 6.07) is 6.61. The minimum Gasteiger partial charge on any atom is -0.379 e. The van der Waals surface area contributed by atoms with Crippen molar-refractivity contribution >= 4 is 17.3 Å². The van der Waals surface area contributed by atoms with Gasteiger partial charge in [-0.1, -0.05) is 17.7 Å². The van der Waals surface area contributed by atoms with Crippen LogP contribution in [0.25, 0.3) is 0 Å². The zero-order valence-corrected chi connectivity index (χ0v) is 10.9. The Kier molecular flexibility index (Phi) is 4.00. The lowest BCUT2D eigenvalue weighted by atomic mass is 10.1. The number of rotatable bonds is 3. The predicted octanol–water partition coefficient (Wildman–Crippen LogP) is 4.68. The highest BCUT2D eigenvalue weighted by atomic mass is 35.5. The first kappa shape index (κ1) is 13.7. The van der Waals surface area contributed by atoms with Crippen LogP contribution in [-0.4, -0.2) is 0 Å². The first-order valence-corrected chi connectivity index (χ1v) is 5.98. The third kappa shape index (κ3) is 3.20. The monoisotopic (exact) mass is 285 g/mol. The van der Waals surface area contributed by atoms with Gasteiger partial charge < -0.3 is 5.32 Å². The van der Waals surface area contributed by atoms with E-state index in [-0.39, 0.29) is 5.69 Å². The topological polar surface area (TPSA) is 12.0 Å². The maximum absolute atomic E-state index is 13.4. The van der Waals surface area contributed by atoms with Crippen LogP contribution in [0, 0.1) is 24.4 Å². The summed E-state index contributed by atoms with van der Waals surface area (Å²) in [5, 5.41) is 3.34. The van der Waals surface area contributed by atoms with Gasteiger partial charge in [-0.05, 0) is 30.2 Å².